The molecule has 0 saturated heterocycles. The van der Waals surface area contributed by atoms with Crippen LogP contribution >= 0.6 is 0 Å². The number of halogens is 1. The molecule has 0 bridgehead atoms. The van der Waals surface area contributed by atoms with Gasteiger partial charge in [0, 0.05) is 17.2 Å². The quantitative estimate of drug-likeness (QED) is 0.678. The van der Waals surface area contributed by atoms with Crippen LogP contribution in [0.5, 0.6) is 0 Å². The smallest absolute Gasteiger partial charge is 0.272 e. The predicted octanol–water partition coefficient (Wildman–Crippen LogP) is 3.82. The van der Waals surface area contributed by atoms with Crippen LogP contribution in [0.3, 0.4) is 0 Å². The maximum Gasteiger partial charge on any atom is 0.272 e. The highest BCUT2D eigenvalue weighted by Gasteiger charge is 2.34. The van der Waals surface area contributed by atoms with E-state index in [4.69, 9.17) is 5.73 Å². The summed E-state index contributed by atoms with van der Waals surface area (Å²) in [7, 11) is 0. The lowest BCUT2D eigenvalue weighted by molar-refractivity contribution is -0.385. The summed E-state index contributed by atoms with van der Waals surface area (Å²) in [6.07, 6.45) is 4.12. The third-order valence-electron chi connectivity index (χ3n) is 4.75. The molecule has 2 N–H and O–H groups in total. The number of benzene rings is 1. The summed E-state index contributed by atoms with van der Waals surface area (Å²) in [5, 5.41) is 11.1. The summed E-state index contributed by atoms with van der Waals surface area (Å²) >= 11 is 0. The molecule has 116 valence electrons. The summed E-state index contributed by atoms with van der Waals surface area (Å²) in [4.78, 5) is 10.6. The summed E-state index contributed by atoms with van der Waals surface area (Å²) in [5.74, 6) is 0.859. The summed E-state index contributed by atoms with van der Waals surface area (Å²) in [5.41, 5.74) is 6.35. The van der Waals surface area contributed by atoms with Crippen molar-refractivity contribution >= 4 is 5.69 Å². The summed E-state index contributed by atoms with van der Waals surface area (Å²) in [6, 6.07) is 3.61. The Balaban J connectivity index is 2.15. The van der Waals surface area contributed by atoms with Crippen LogP contribution in [0.2, 0.25) is 0 Å². The van der Waals surface area contributed by atoms with Gasteiger partial charge >= 0.3 is 0 Å². The second-order valence-corrected chi connectivity index (χ2v) is 6.65. The van der Waals surface area contributed by atoms with Gasteiger partial charge in [0.2, 0.25) is 0 Å². The molecule has 1 aliphatic rings. The monoisotopic (exact) mass is 294 g/mol. The molecule has 1 aromatic carbocycles. The Hall–Kier alpha value is -1.49. The van der Waals surface area contributed by atoms with Gasteiger partial charge in [-0.25, -0.2) is 4.39 Å². The lowest BCUT2D eigenvalue weighted by Crippen LogP contribution is -2.46. The van der Waals surface area contributed by atoms with Crippen molar-refractivity contribution in [2.24, 2.45) is 17.6 Å². The van der Waals surface area contributed by atoms with Gasteiger partial charge in [-0.1, -0.05) is 13.8 Å². The maximum atomic E-state index is 13.4. The molecule has 0 aliphatic heterocycles. The highest BCUT2D eigenvalue weighted by molar-refractivity contribution is 5.41. The van der Waals surface area contributed by atoms with Crippen LogP contribution in [-0.4, -0.2) is 10.5 Å². The van der Waals surface area contributed by atoms with Gasteiger partial charge in [-0.2, -0.15) is 0 Å². The number of rotatable bonds is 4. The number of nitrogens with two attached hydrogens (primary N) is 1. The zero-order valence-electron chi connectivity index (χ0n) is 12.6. The van der Waals surface area contributed by atoms with Crippen molar-refractivity contribution in [3.63, 3.8) is 0 Å². The van der Waals surface area contributed by atoms with Crippen molar-refractivity contribution in [2.75, 3.05) is 0 Å². The van der Waals surface area contributed by atoms with Crippen LogP contribution in [0.4, 0.5) is 10.1 Å². The molecule has 2 rings (SSSR count). The first-order valence-corrected chi connectivity index (χ1v) is 7.52. The summed E-state index contributed by atoms with van der Waals surface area (Å²) < 4.78 is 13.4. The van der Waals surface area contributed by atoms with Crippen molar-refractivity contribution in [2.45, 2.75) is 51.5 Å². The van der Waals surface area contributed by atoms with Crippen LogP contribution in [0.1, 0.15) is 45.1 Å². The number of hydrogen-bond donors (Lipinski definition) is 1. The fraction of sp³-hybridized carbons (Fsp3) is 0.625. The number of nitrogens with zero attached hydrogens (tertiary/aromatic N) is 1. The van der Waals surface area contributed by atoms with Gasteiger partial charge in [0.05, 0.1) is 4.92 Å². The average Bonchev–Trinajstić information content (AvgIpc) is 2.38. The Bertz CT molecular complexity index is 523. The molecule has 1 aliphatic carbocycles. The predicted molar refractivity (Wildman–Crippen MR) is 80.5 cm³/mol. The first kappa shape index (κ1) is 15.9. The van der Waals surface area contributed by atoms with E-state index in [1.165, 1.54) is 12.1 Å². The molecule has 0 heterocycles. The minimum Gasteiger partial charge on any atom is -0.325 e. The molecule has 0 unspecified atom stereocenters. The number of nitro benzene ring substituents is 1. The molecule has 4 nitrogen and oxygen atoms in total. The Kier molecular flexibility index (Phi) is 4.61. The molecule has 21 heavy (non-hydrogen) atoms. The average molecular weight is 294 g/mol. The van der Waals surface area contributed by atoms with Gasteiger partial charge in [0.25, 0.3) is 5.69 Å². The Morgan fingerprint density at radius 1 is 1.43 bits per heavy atom. The highest BCUT2D eigenvalue weighted by atomic mass is 19.1. The molecule has 1 aromatic rings. The van der Waals surface area contributed by atoms with E-state index in [0.29, 0.717) is 23.8 Å². The topological polar surface area (TPSA) is 69.2 Å². The van der Waals surface area contributed by atoms with Gasteiger partial charge in [0.15, 0.2) is 0 Å². The summed E-state index contributed by atoms with van der Waals surface area (Å²) in [6.45, 7) is 4.43. The Labute approximate surface area is 124 Å². The van der Waals surface area contributed by atoms with E-state index in [0.717, 1.165) is 31.7 Å². The van der Waals surface area contributed by atoms with E-state index in [1.54, 1.807) is 0 Å². The zero-order chi connectivity index (χ0) is 15.6. The van der Waals surface area contributed by atoms with Gasteiger partial charge in [-0.05, 0) is 56.1 Å². The fourth-order valence-electron chi connectivity index (χ4n) is 3.31. The molecule has 0 atom stereocenters. The van der Waals surface area contributed by atoms with E-state index in [2.05, 4.69) is 13.8 Å². The van der Waals surface area contributed by atoms with Crippen molar-refractivity contribution in [3.8, 4) is 0 Å². The highest BCUT2D eigenvalue weighted by Crippen LogP contribution is 2.37. The third-order valence-corrected chi connectivity index (χ3v) is 4.75. The van der Waals surface area contributed by atoms with Crippen LogP contribution in [0.25, 0.3) is 0 Å². The lowest BCUT2D eigenvalue weighted by atomic mass is 9.71. The lowest BCUT2D eigenvalue weighted by Gasteiger charge is -2.38. The van der Waals surface area contributed by atoms with Gasteiger partial charge in [-0.15, -0.1) is 0 Å². The van der Waals surface area contributed by atoms with Crippen molar-refractivity contribution in [1.29, 1.82) is 0 Å². The minimum atomic E-state index is -0.460. The molecule has 1 fully saturated rings. The maximum absolute atomic E-state index is 13.4. The molecule has 0 aromatic heterocycles. The molecule has 0 radical (unpaired) electrons. The SMILES string of the molecule is CC(C)C1CCC(N)(Cc2cc(F)ccc2[N+](=O)[O-])CC1. The first-order valence-electron chi connectivity index (χ1n) is 7.52. The number of hydrogen-bond acceptors (Lipinski definition) is 3. The first-order chi connectivity index (χ1) is 9.81. The van der Waals surface area contributed by atoms with Crippen molar-refractivity contribution in [3.05, 3.63) is 39.7 Å². The second-order valence-electron chi connectivity index (χ2n) is 6.65. The standard InChI is InChI=1S/C16H23FN2O2/c1-11(2)12-5-7-16(18,8-6-12)10-13-9-14(17)3-4-15(13)19(20)21/h3-4,9,11-12H,5-8,10,18H2,1-2H3. The molecular formula is C16H23FN2O2. The van der Waals surface area contributed by atoms with Gasteiger partial charge in [0.1, 0.15) is 5.82 Å². The fourth-order valence-corrected chi connectivity index (χ4v) is 3.31. The van der Waals surface area contributed by atoms with E-state index >= 15 is 0 Å². The van der Waals surface area contributed by atoms with E-state index < -0.39 is 16.3 Å². The molecule has 5 heteroatoms. The van der Waals surface area contributed by atoms with Crippen LogP contribution in [-0.2, 0) is 6.42 Å². The molecular weight excluding hydrogens is 271 g/mol. The molecule has 0 amide bonds. The Morgan fingerprint density at radius 3 is 2.57 bits per heavy atom. The van der Waals surface area contributed by atoms with E-state index in [-0.39, 0.29) is 5.69 Å². The zero-order valence-corrected chi connectivity index (χ0v) is 12.6. The largest absolute Gasteiger partial charge is 0.325 e. The van der Waals surface area contributed by atoms with Crippen molar-refractivity contribution in [1.82, 2.24) is 0 Å². The van der Waals surface area contributed by atoms with E-state index in [1.807, 2.05) is 0 Å². The van der Waals surface area contributed by atoms with Gasteiger partial charge < -0.3 is 5.73 Å². The molecule has 1 saturated carbocycles. The van der Waals surface area contributed by atoms with Gasteiger partial charge in [-0.3, -0.25) is 10.1 Å². The van der Waals surface area contributed by atoms with Crippen LogP contribution in [0.15, 0.2) is 18.2 Å². The molecule has 0 spiro atoms. The normalized spacial score (nSPS) is 26.0. The van der Waals surface area contributed by atoms with Crippen LogP contribution in [0, 0.1) is 27.8 Å². The second kappa shape index (κ2) is 6.10. The number of nitro groups is 1. The van der Waals surface area contributed by atoms with Crippen molar-refractivity contribution < 1.29 is 9.31 Å². The Morgan fingerprint density at radius 2 is 2.05 bits per heavy atom. The minimum absolute atomic E-state index is 0.0350. The van der Waals surface area contributed by atoms with E-state index in [9.17, 15) is 14.5 Å². The third kappa shape index (κ3) is 3.79. The van der Waals surface area contributed by atoms with Crippen LogP contribution < -0.4 is 5.73 Å².